The van der Waals surface area contributed by atoms with Gasteiger partial charge in [-0.15, -0.1) is 0 Å². The summed E-state index contributed by atoms with van der Waals surface area (Å²) in [5.74, 6) is 0.733. The first-order valence-corrected chi connectivity index (χ1v) is 8.22. The van der Waals surface area contributed by atoms with Gasteiger partial charge in [0.05, 0.1) is 5.02 Å². The average molecular weight is 391 g/mol. The Balaban J connectivity index is 1.84. The minimum Gasteiger partial charge on any atom is -0.484 e. The monoisotopic (exact) mass is 389 g/mol. The van der Waals surface area contributed by atoms with Crippen LogP contribution in [0.3, 0.4) is 0 Å². The van der Waals surface area contributed by atoms with Gasteiger partial charge in [0.15, 0.2) is 5.76 Å². The molecule has 1 amide bonds. The average Bonchev–Trinajstić information content (AvgIpc) is 2.99. The van der Waals surface area contributed by atoms with Gasteiger partial charge in [-0.2, -0.15) is 0 Å². The molecule has 2 aromatic rings. The third-order valence-corrected chi connectivity index (χ3v) is 3.70. The minimum atomic E-state index is -0.428. The van der Waals surface area contributed by atoms with Gasteiger partial charge in [-0.25, -0.2) is 0 Å². The van der Waals surface area contributed by atoms with Crippen LogP contribution in [0.25, 0.3) is 0 Å². The molecule has 128 valence electrons. The molecule has 0 aliphatic rings. The molecule has 1 aromatic heterocycles. The number of ether oxygens (including phenoxy) is 1. The summed E-state index contributed by atoms with van der Waals surface area (Å²) in [7, 11) is 0. The van der Waals surface area contributed by atoms with Crippen LogP contribution in [0.4, 0.5) is 0 Å². The Bertz CT molecular complexity index is 730. The third-order valence-electron chi connectivity index (χ3n) is 2.98. The van der Waals surface area contributed by atoms with Crippen LogP contribution >= 0.6 is 34.8 Å². The smallest absolute Gasteiger partial charge is 0.286 e. The molecule has 2 rings (SSSR count). The molecule has 0 bridgehead atoms. The Kier molecular flexibility index (Phi) is 6.97. The zero-order chi connectivity index (χ0) is 17.5. The van der Waals surface area contributed by atoms with E-state index in [0.717, 1.165) is 0 Å². The quantitative estimate of drug-likeness (QED) is 0.534. The van der Waals surface area contributed by atoms with Crippen molar-refractivity contribution >= 4 is 46.0 Å². The molecule has 0 atom stereocenters. The van der Waals surface area contributed by atoms with Crippen molar-refractivity contribution in [2.24, 2.45) is 0 Å². The predicted molar refractivity (Wildman–Crippen MR) is 91.9 cm³/mol. The number of nitrogens with one attached hydrogen (secondary N) is 1. The first-order chi connectivity index (χ1) is 11.5. The number of hydrogen-bond donors (Lipinski definition) is 1. The Hall–Kier alpha value is -1.69. The summed E-state index contributed by atoms with van der Waals surface area (Å²) in [4.78, 5) is 22.5. The van der Waals surface area contributed by atoms with Gasteiger partial charge in [-0.05, 0) is 48.4 Å². The highest BCUT2D eigenvalue weighted by atomic mass is 35.5. The summed E-state index contributed by atoms with van der Waals surface area (Å²) < 4.78 is 10.9. The van der Waals surface area contributed by atoms with E-state index in [0.29, 0.717) is 34.5 Å². The summed E-state index contributed by atoms with van der Waals surface area (Å²) in [5.41, 5.74) is 0. The SMILES string of the molecule is O=C(Cl)CCCNC(=O)c1ccc(COc2ccc(Cl)cc2Cl)o1. The lowest BCUT2D eigenvalue weighted by molar-refractivity contribution is -0.111. The summed E-state index contributed by atoms with van der Waals surface area (Å²) in [5, 5.41) is 3.11. The van der Waals surface area contributed by atoms with E-state index in [1.54, 1.807) is 30.3 Å². The number of carbonyl (C=O) groups excluding carboxylic acids is 2. The molecule has 0 fully saturated rings. The van der Waals surface area contributed by atoms with Gasteiger partial charge in [-0.1, -0.05) is 23.2 Å². The molecular weight excluding hydrogens is 377 g/mol. The molecule has 24 heavy (non-hydrogen) atoms. The Morgan fingerprint density at radius 3 is 2.67 bits per heavy atom. The molecule has 0 saturated heterocycles. The maximum atomic E-state index is 11.9. The lowest BCUT2D eigenvalue weighted by Crippen LogP contribution is -2.24. The second-order valence-corrected chi connectivity index (χ2v) is 6.11. The van der Waals surface area contributed by atoms with Crippen molar-refractivity contribution in [2.45, 2.75) is 19.4 Å². The van der Waals surface area contributed by atoms with Crippen LogP contribution in [0.15, 0.2) is 34.7 Å². The molecule has 0 radical (unpaired) electrons. The predicted octanol–water partition coefficient (Wildman–Crippen LogP) is 4.44. The van der Waals surface area contributed by atoms with Crippen molar-refractivity contribution in [3.05, 3.63) is 51.9 Å². The van der Waals surface area contributed by atoms with Crippen LogP contribution in [0.2, 0.25) is 10.0 Å². The molecule has 1 N–H and O–H groups in total. The zero-order valence-corrected chi connectivity index (χ0v) is 14.7. The third kappa shape index (κ3) is 5.74. The van der Waals surface area contributed by atoms with Gasteiger partial charge in [0, 0.05) is 18.0 Å². The molecule has 0 unspecified atom stereocenters. The Morgan fingerprint density at radius 1 is 1.17 bits per heavy atom. The van der Waals surface area contributed by atoms with Crippen LogP contribution in [0, 0.1) is 0 Å². The van der Waals surface area contributed by atoms with Gasteiger partial charge in [0.25, 0.3) is 5.91 Å². The van der Waals surface area contributed by atoms with Crippen molar-refractivity contribution < 1.29 is 18.7 Å². The van der Waals surface area contributed by atoms with Crippen LogP contribution in [0.1, 0.15) is 29.2 Å². The van der Waals surface area contributed by atoms with Gasteiger partial charge in [0.2, 0.25) is 5.24 Å². The number of carbonyl (C=O) groups is 2. The van der Waals surface area contributed by atoms with E-state index in [-0.39, 0.29) is 24.7 Å². The lowest BCUT2D eigenvalue weighted by atomic mass is 10.3. The summed E-state index contributed by atoms with van der Waals surface area (Å²) >= 11 is 17.0. The number of halogens is 3. The van der Waals surface area contributed by atoms with E-state index in [2.05, 4.69) is 5.32 Å². The molecule has 0 saturated carbocycles. The molecule has 8 heteroatoms. The normalized spacial score (nSPS) is 10.5. The van der Waals surface area contributed by atoms with Gasteiger partial charge < -0.3 is 14.5 Å². The molecule has 5 nitrogen and oxygen atoms in total. The number of hydrogen-bond acceptors (Lipinski definition) is 4. The maximum absolute atomic E-state index is 11.9. The van der Waals surface area contributed by atoms with E-state index >= 15 is 0 Å². The summed E-state index contributed by atoms with van der Waals surface area (Å²) in [6, 6.07) is 8.07. The van der Waals surface area contributed by atoms with E-state index in [1.165, 1.54) is 0 Å². The summed E-state index contributed by atoms with van der Waals surface area (Å²) in [6.07, 6.45) is 0.681. The van der Waals surface area contributed by atoms with Crippen molar-refractivity contribution in [2.75, 3.05) is 6.54 Å². The lowest BCUT2D eigenvalue weighted by Gasteiger charge is -2.06. The van der Waals surface area contributed by atoms with Crippen LogP contribution in [-0.2, 0) is 11.4 Å². The molecule has 0 aliphatic carbocycles. The highest BCUT2D eigenvalue weighted by Crippen LogP contribution is 2.28. The summed E-state index contributed by atoms with van der Waals surface area (Å²) in [6.45, 7) is 0.458. The van der Waals surface area contributed by atoms with E-state index in [4.69, 9.17) is 44.0 Å². The first kappa shape index (κ1) is 18.6. The standard InChI is InChI=1S/C16H14Cl3NO4/c17-10-3-5-13(12(18)8-10)23-9-11-4-6-14(24-11)16(22)20-7-1-2-15(19)21/h3-6,8H,1-2,7,9H2,(H,20,22). The van der Waals surface area contributed by atoms with E-state index in [9.17, 15) is 9.59 Å². The van der Waals surface area contributed by atoms with Crippen molar-refractivity contribution in [3.8, 4) is 5.75 Å². The number of benzene rings is 1. The van der Waals surface area contributed by atoms with Crippen LogP contribution in [0.5, 0.6) is 5.75 Å². The second-order valence-electron chi connectivity index (χ2n) is 4.84. The highest BCUT2D eigenvalue weighted by Gasteiger charge is 2.12. The Labute approximate surface area is 153 Å². The molecule has 0 spiro atoms. The molecule has 1 aromatic carbocycles. The Morgan fingerprint density at radius 2 is 1.96 bits per heavy atom. The van der Waals surface area contributed by atoms with Crippen molar-refractivity contribution in [1.82, 2.24) is 5.32 Å². The van der Waals surface area contributed by atoms with Gasteiger partial charge in [-0.3, -0.25) is 9.59 Å². The number of amides is 1. The van der Waals surface area contributed by atoms with Crippen molar-refractivity contribution in [3.63, 3.8) is 0 Å². The fourth-order valence-corrected chi connectivity index (χ4v) is 2.43. The number of furan rings is 1. The van der Waals surface area contributed by atoms with Crippen molar-refractivity contribution in [1.29, 1.82) is 0 Å². The van der Waals surface area contributed by atoms with Crippen LogP contribution < -0.4 is 10.1 Å². The van der Waals surface area contributed by atoms with E-state index in [1.807, 2.05) is 0 Å². The van der Waals surface area contributed by atoms with Gasteiger partial charge in [0.1, 0.15) is 18.1 Å². The molecular formula is C16H14Cl3NO4. The zero-order valence-electron chi connectivity index (χ0n) is 12.5. The largest absolute Gasteiger partial charge is 0.484 e. The molecule has 1 heterocycles. The van der Waals surface area contributed by atoms with Gasteiger partial charge >= 0.3 is 0 Å². The second kappa shape index (κ2) is 8.97. The number of rotatable bonds is 8. The van der Waals surface area contributed by atoms with E-state index < -0.39 is 5.24 Å². The maximum Gasteiger partial charge on any atom is 0.286 e. The fraction of sp³-hybridized carbons (Fsp3) is 0.250. The fourth-order valence-electron chi connectivity index (χ4n) is 1.84. The van der Waals surface area contributed by atoms with Crippen LogP contribution in [-0.4, -0.2) is 17.7 Å². The first-order valence-electron chi connectivity index (χ1n) is 7.09. The topological polar surface area (TPSA) is 68.5 Å². The minimum absolute atomic E-state index is 0.120. The highest BCUT2D eigenvalue weighted by molar-refractivity contribution is 6.63. The molecule has 0 aliphatic heterocycles.